The molecule has 40 heavy (non-hydrogen) atoms. The number of benzene rings is 1. The van der Waals surface area contributed by atoms with Crippen molar-refractivity contribution in [3.05, 3.63) is 77.6 Å². The van der Waals surface area contributed by atoms with E-state index in [0.717, 1.165) is 11.1 Å². The molecule has 3 amide bonds. The highest BCUT2D eigenvalue weighted by Crippen LogP contribution is 2.23. The molecule has 2 heterocycles. The number of ether oxygens (including phenoxy) is 1. The minimum Gasteiger partial charge on any atom is -0.444 e. The number of amides is 3. The van der Waals surface area contributed by atoms with Crippen LogP contribution < -0.4 is 16.1 Å². The van der Waals surface area contributed by atoms with Crippen LogP contribution in [0, 0.1) is 17.8 Å². The first-order valence-electron chi connectivity index (χ1n) is 12.7. The summed E-state index contributed by atoms with van der Waals surface area (Å²) in [5.74, 6) is 4.95. The van der Waals surface area contributed by atoms with Crippen LogP contribution in [-0.2, 0) is 9.53 Å². The van der Waals surface area contributed by atoms with Crippen molar-refractivity contribution in [3.63, 3.8) is 0 Å². The first-order valence-corrected chi connectivity index (χ1v) is 12.7. The van der Waals surface area contributed by atoms with Crippen molar-refractivity contribution in [1.29, 1.82) is 0 Å². The Balaban J connectivity index is 1.86. The second kappa shape index (κ2) is 13.4. The number of nitrogens with zero attached hydrogens (tertiary/aromatic N) is 2. The van der Waals surface area contributed by atoms with Crippen molar-refractivity contribution >= 4 is 23.7 Å². The minimum absolute atomic E-state index is 0.0706. The second-order valence-electron chi connectivity index (χ2n) is 10.5. The van der Waals surface area contributed by atoms with Crippen LogP contribution in [-0.4, -0.2) is 44.7 Å². The molecule has 0 aliphatic heterocycles. The zero-order valence-electron chi connectivity index (χ0n) is 23.1. The number of hydroxylamine groups is 1. The zero-order chi connectivity index (χ0) is 29.3. The lowest BCUT2D eigenvalue weighted by atomic mass is 10.0. The Morgan fingerprint density at radius 2 is 1.73 bits per heavy atom. The number of hydrogen-bond donors (Lipinski definition) is 4. The minimum atomic E-state index is -0.909. The third kappa shape index (κ3) is 9.22. The highest BCUT2D eigenvalue weighted by Gasteiger charge is 2.26. The standard InChI is InChI=1S/C30H33N5O5/c1-19(2)15-25(33-29(38)40-30(3,4)5)28(37)34-26-17-23(27(36)35-39)16-24(32-26)22-12-10-20(11-13-22)8-9-21-7-6-14-31-18-21/h6-7,10-14,16-19,25,39H,15H2,1-5H3,(H,33,38)(H,35,36)(H,32,34,37). The van der Waals surface area contributed by atoms with E-state index in [1.165, 1.54) is 12.1 Å². The van der Waals surface area contributed by atoms with Gasteiger partial charge in [-0.3, -0.25) is 19.8 Å². The monoisotopic (exact) mass is 543 g/mol. The number of pyridine rings is 2. The number of anilines is 1. The topological polar surface area (TPSA) is 143 Å². The van der Waals surface area contributed by atoms with Gasteiger partial charge >= 0.3 is 6.09 Å². The summed E-state index contributed by atoms with van der Waals surface area (Å²) in [5, 5.41) is 14.5. The third-order valence-electron chi connectivity index (χ3n) is 5.35. The van der Waals surface area contributed by atoms with Crippen LogP contribution in [0.15, 0.2) is 60.9 Å². The summed E-state index contributed by atoms with van der Waals surface area (Å²) in [5.41, 5.74) is 3.52. The molecule has 10 heteroatoms. The number of hydrogen-bond acceptors (Lipinski definition) is 7. The molecular weight excluding hydrogens is 510 g/mol. The molecule has 0 saturated heterocycles. The van der Waals surface area contributed by atoms with Gasteiger partial charge in [0, 0.05) is 34.6 Å². The van der Waals surface area contributed by atoms with Gasteiger partial charge in [0.2, 0.25) is 5.91 Å². The maximum atomic E-state index is 13.2. The van der Waals surface area contributed by atoms with E-state index in [9.17, 15) is 19.6 Å². The van der Waals surface area contributed by atoms with Crippen molar-refractivity contribution in [2.24, 2.45) is 5.92 Å². The molecule has 3 aromatic rings. The summed E-state index contributed by atoms with van der Waals surface area (Å²) in [7, 11) is 0. The smallest absolute Gasteiger partial charge is 0.408 e. The number of carbonyl (C=O) groups excluding carboxylic acids is 3. The lowest BCUT2D eigenvalue weighted by Gasteiger charge is -2.24. The first-order chi connectivity index (χ1) is 18.9. The molecule has 0 aliphatic rings. The quantitative estimate of drug-likeness (QED) is 0.195. The van der Waals surface area contributed by atoms with Crippen LogP contribution in [0.5, 0.6) is 0 Å². The van der Waals surface area contributed by atoms with Crippen LogP contribution in [0.1, 0.15) is 62.5 Å². The number of carbonyl (C=O) groups is 3. The molecular formula is C30H33N5O5. The van der Waals surface area contributed by atoms with E-state index in [4.69, 9.17) is 4.74 Å². The summed E-state index contributed by atoms with van der Waals surface area (Å²) in [6.07, 6.45) is 2.97. The molecule has 0 radical (unpaired) electrons. The lowest BCUT2D eigenvalue weighted by molar-refractivity contribution is -0.118. The van der Waals surface area contributed by atoms with E-state index >= 15 is 0 Å². The van der Waals surface area contributed by atoms with Gasteiger partial charge in [-0.05, 0) is 69.5 Å². The van der Waals surface area contributed by atoms with Crippen LogP contribution >= 0.6 is 0 Å². The van der Waals surface area contributed by atoms with E-state index in [0.29, 0.717) is 17.7 Å². The number of aromatic nitrogens is 2. The average Bonchev–Trinajstić information content (AvgIpc) is 2.90. The normalized spacial score (nSPS) is 11.6. The Morgan fingerprint density at radius 3 is 2.33 bits per heavy atom. The fourth-order valence-corrected chi connectivity index (χ4v) is 3.61. The largest absolute Gasteiger partial charge is 0.444 e. The summed E-state index contributed by atoms with van der Waals surface area (Å²) < 4.78 is 5.31. The lowest BCUT2D eigenvalue weighted by Crippen LogP contribution is -2.46. The summed E-state index contributed by atoms with van der Waals surface area (Å²) in [4.78, 5) is 46.4. The molecule has 2 aromatic heterocycles. The van der Waals surface area contributed by atoms with Crippen LogP contribution in [0.25, 0.3) is 11.3 Å². The van der Waals surface area contributed by atoms with Crippen molar-refractivity contribution in [3.8, 4) is 23.1 Å². The Hall–Kier alpha value is -4.75. The Kier molecular flexibility index (Phi) is 9.95. The van der Waals surface area contributed by atoms with Gasteiger partial charge in [0.25, 0.3) is 5.91 Å². The Bertz CT molecular complexity index is 1400. The maximum Gasteiger partial charge on any atom is 0.408 e. The van der Waals surface area contributed by atoms with Crippen molar-refractivity contribution in [1.82, 2.24) is 20.8 Å². The van der Waals surface area contributed by atoms with Gasteiger partial charge in [0.15, 0.2) is 0 Å². The van der Waals surface area contributed by atoms with Crippen molar-refractivity contribution in [2.45, 2.75) is 52.7 Å². The highest BCUT2D eigenvalue weighted by molar-refractivity contribution is 5.99. The molecule has 1 aromatic carbocycles. The van der Waals surface area contributed by atoms with E-state index in [1.807, 2.05) is 26.0 Å². The number of rotatable bonds is 7. The van der Waals surface area contributed by atoms with E-state index in [-0.39, 0.29) is 17.3 Å². The average molecular weight is 544 g/mol. The van der Waals surface area contributed by atoms with E-state index in [1.54, 1.807) is 62.9 Å². The molecule has 0 spiro atoms. The predicted octanol–water partition coefficient (Wildman–Crippen LogP) is 4.54. The molecule has 0 saturated carbocycles. The highest BCUT2D eigenvalue weighted by atomic mass is 16.6. The molecule has 1 atom stereocenters. The van der Waals surface area contributed by atoms with Gasteiger partial charge in [-0.25, -0.2) is 15.3 Å². The summed E-state index contributed by atoms with van der Waals surface area (Å²) in [6.45, 7) is 9.03. The van der Waals surface area contributed by atoms with Gasteiger partial charge in [-0.15, -0.1) is 0 Å². The second-order valence-corrected chi connectivity index (χ2v) is 10.5. The SMILES string of the molecule is CC(C)CC(NC(=O)OC(C)(C)C)C(=O)Nc1cc(C(=O)NO)cc(-c2ccc(C#Cc3cccnc3)cc2)n1. The van der Waals surface area contributed by atoms with Gasteiger partial charge in [0.1, 0.15) is 17.5 Å². The molecule has 208 valence electrons. The summed E-state index contributed by atoms with van der Waals surface area (Å²) >= 11 is 0. The van der Waals surface area contributed by atoms with Gasteiger partial charge in [0.05, 0.1) is 5.69 Å². The predicted molar refractivity (Wildman–Crippen MR) is 150 cm³/mol. The summed E-state index contributed by atoms with van der Waals surface area (Å²) in [6, 6.07) is 12.8. The molecule has 0 aliphatic carbocycles. The number of alkyl carbamates (subject to hydrolysis) is 1. The fourth-order valence-electron chi connectivity index (χ4n) is 3.61. The molecule has 0 fully saturated rings. The third-order valence-corrected chi connectivity index (χ3v) is 5.35. The number of nitrogens with one attached hydrogen (secondary N) is 3. The van der Waals surface area contributed by atoms with E-state index in [2.05, 4.69) is 32.4 Å². The molecule has 0 bridgehead atoms. The fraction of sp³-hybridized carbons (Fsp3) is 0.300. The van der Waals surface area contributed by atoms with Crippen LogP contribution in [0.2, 0.25) is 0 Å². The van der Waals surface area contributed by atoms with Gasteiger partial charge in [-0.1, -0.05) is 37.8 Å². The van der Waals surface area contributed by atoms with Crippen molar-refractivity contribution < 1.29 is 24.3 Å². The van der Waals surface area contributed by atoms with E-state index < -0.39 is 29.6 Å². The molecule has 3 rings (SSSR count). The van der Waals surface area contributed by atoms with Gasteiger partial charge in [-0.2, -0.15) is 0 Å². The Morgan fingerprint density at radius 1 is 1.02 bits per heavy atom. The Labute approximate surface area is 233 Å². The van der Waals surface area contributed by atoms with Crippen LogP contribution in [0.4, 0.5) is 10.6 Å². The molecule has 10 nitrogen and oxygen atoms in total. The molecule has 1 unspecified atom stereocenters. The first kappa shape index (κ1) is 29.8. The molecule has 4 N–H and O–H groups in total. The van der Waals surface area contributed by atoms with Crippen LogP contribution in [0.3, 0.4) is 0 Å². The zero-order valence-corrected chi connectivity index (χ0v) is 23.1. The maximum absolute atomic E-state index is 13.2. The van der Waals surface area contributed by atoms with Crippen molar-refractivity contribution in [2.75, 3.05) is 5.32 Å². The van der Waals surface area contributed by atoms with Gasteiger partial charge < -0.3 is 15.4 Å².